The highest BCUT2D eigenvalue weighted by atomic mass is 16.5. The van der Waals surface area contributed by atoms with Crippen LogP contribution in [0.25, 0.3) is 0 Å². The summed E-state index contributed by atoms with van der Waals surface area (Å²) >= 11 is 0. The summed E-state index contributed by atoms with van der Waals surface area (Å²) < 4.78 is 5.47. The molecule has 0 bridgehead atoms. The highest BCUT2D eigenvalue weighted by molar-refractivity contribution is 5.39. The predicted molar refractivity (Wildman–Crippen MR) is 75.1 cm³/mol. The van der Waals surface area contributed by atoms with Crippen LogP contribution in [0.2, 0.25) is 0 Å². The second kappa shape index (κ2) is 4.80. The van der Waals surface area contributed by atoms with Crippen molar-refractivity contribution in [1.29, 1.82) is 0 Å². The lowest BCUT2D eigenvalue weighted by Crippen LogP contribution is -2.45. The van der Waals surface area contributed by atoms with Gasteiger partial charge in [0.1, 0.15) is 5.75 Å². The number of hydrogen-bond acceptors (Lipinski definition) is 3. The van der Waals surface area contributed by atoms with Crippen LogP contribution in [0, 0.1) is 17.8 Å². The molecule has 19 heavy (non-hydrogen) atoms. The Morgan fingerprint density at radius 1 is 1.32 bits per heavy atom. The van der Waals surface area contributed by atoms with Gasteiger partial charge < -0.3 is 15.2 Å². The molecule has 1 aromatic carbocycles. The molecule has 0 radical (unpaired) electrons. The van der Waals surface area contributed by atoms with E-state index in [1.54, 1.807) is 7.11 Å². The van der Waals surface area contributed by atoms with Gasteiger partial charge in [0, 0.05) is 18.0 Å². The van der Waals surface area contributed by atoms with Crippen LogP contribution in [0.1, 0.15) is 25.3 Å². The zero-order chi connectivity index (χ0) is 13.5. The Hall–Kier alpha value is -1.06. The van der Waals surface area contributed by atoms with E-state index in [4.69, 9.17) is 4.74 Å². The predicted octanol–water partition coefficient (Wildman–Crippen LogP) is 2.15. The van der Waals surface area contributed by atoms with Crippen LogP contribution < -0.4 is 10.1 Å². The molecule has 4 unspecified atom stereocenters. The lowest BCUT2D eigenvalue weighted by Gasteiger charge is -2.44. The number of rotatable bonds is 2. The molecule has 0 spiro atoms. The van der Waals surface area contributed by atoms with Crippen molar-refractivity contribution in [3.8, 4) is 5.75 Å². The molecule has 1 aliphatic heterocycles. The number of methoxy groups -OCH3 is 1. The first-order valence-electron chi connectivity index (χ1n) is 7.21. The summed E-state index contributed by atoms with van der Waals surface area (Å²) in [5.41, 5.74) is 0.209. The smallest absolute Gasteiger partial charge is 0.124 e. The third-order valence-electron chi connectivity index (χ3n) is 4.89. The minimum Gasteiger partial charge on any atom is -0.496 e. The van der Waals surface area contributed by atoms with Crippen molar-refractivity contribution in [2.24, 2.45) is 17.8 Å². The lowest BCUT2D eigenvalue weighted by atomic mass is 9.64. The second-order valence-corrected chi connectivity index (χ2v) is 6.19. The van der Waals surface area contributed by atoms with Gasteiger partial charge in [0.15, 0.2) is 0 Å². The summed E-state index contributed by atoms with van der Waals surface area (Å²) in [5, 5.41) is 14.8. The fourth-order valence-corrected chi connectivity index (χ4v) is 4.13. The van der Waals surface area contributed by atoms with Gasteiger partial charge in [-0.05, 0) is 37.3 Å². The average molecular weight is 261 g/mol. The highest BCUT2D eigenvalue weighted by Gasteiger charge is 2.50. The van der Waals surface area contributed by atoms with Gasteiger partial charge in [-0.2, -0.15) is 0 Å². The van der Waals surface area contributed by atoms with Crippen LogP contribution >= 0.6 is 0 Å². The molecule has 1 aliphatic carbocycles. The zero-order valence-corrected chi connectivity index (χ0v) is 11.7. The Morgan fingerprint density at radius 3 is 2.89 bits per heavy atom. The standard InChI is InChI=1S/C16H23NO2/c1-11-7-12-9-17-10-14(12)16(18,8-11)13-5-3-4-6-15(13)19-2/h3-6,11-12,14,17-18H,7-10H2,1-2H3. The number of benzene rings is 1. The molecule has 2 N–H and O–H groups in total. The molecular formula is C16H23NO2. The Bertz CT molecular complexity index is 462. The van der Waals surface area contributed by atoms with E-state index in [-0.39, 0.29) is 0 Å². The molecule has 3 heteroatoms. The molecule has 104 valence electrons. The summed E-state index contributed by atoms with van der Waals surface area (Å²) in [7, 11) is 1.68. The molecule has 0 aromatic heterocycles. The van der Waals surface area contributed by atoms with Gasteiger partial charge in [-0.15, -0.1) is 0 Å². The van der Waals surface area contributed by atoms with E-state index in [0.717, 1.165) is 30.8 Å². The lowest BCUT2D eigenvalue weighted by molar-refractivity contribution is -0.0811. The maximum atomic E-state index is 11.4. The molecule has 1 saturated heterocycles. The Balaban J connectivity index is 2.04. The highest BCUT2D eigenvalue weighted by Crippen LogP contribution is 2.50. The fourth-order valence-electron chi connectivity index (χ4n) is 4.13. The number of para-hydroxylation sites is 1. The first-order chi connectivity index (χ1) is 9.15. The van der Waals surface area contributed by atoms with Crippen molar-refractivity contribution in [2.75, 3.05) is 20.2 Å². The van der Waals surface area contributed by atoms with Gasteiger partial charge >= 0.3 is 0 Å². The van der Waals surface area contributed by atoms with Crippen LogP contribution in [0.15, 0.2) is 24.3 Å². The van der Waals surface area contributed by atoms with Gasteiger partial charge in [0.05, 0.1) is 12.7 Å². The third kappa shape index (κ3) is 2.05. The van der Waals surface area contributed by atoms with Crippen molar-refractivity contribution in [3.63, 3.8) is 0 Å². The second-order valence-electron chi connectivity index (χ2n) is 6.19. The number of nitrogens with one attached hydrogen (secondary N) is 1. The normalized spacial score (nSPS) is 37.9. The van der Waals surface area contributed by atoms with Crippen molar-refractivity contribution in [3.05, 3.63) is 29.8 Å². The van der Waals surface area contributed by atoms with E-state index in [2.05, 4.69) is 12.2 Å². The van der Waals surface area contributed by atoms with Crippen LogP contribution in [0.5, 0.6) is 5.75 Å². The van der Waals surface area contributed by atoms with E-state index in [1.807, 2.05) is 24.3 Å². The summed E-state index contributed by atoms with van der Waals surface area (Å²) in [6.45, 7) is 4.19. The molecular weight excluding hydrogens is 238 g/mol. The third-order valence-corrected chi connectivity index (χ3v) is 4.89. The molecule has 3 nitrogen and oxygen atoms in total. The first kappa shape index (κ1) is 12.9. The Kier molecular flexibility index (Phi) is 3.27. The number of fused-ring (bicyclic) bond motifs is 1. The van der Waals surface area contributed by atoms with Crippen molar-refractivity contribution in [2.45, 2.75) is 25.4 Å². The first-order valence-corrected chi connectivity index (χ1v) is 7.21. The van der Waals surface area contributed by atoms with Gasteiger partial charge in [-0.1, -0.05) is 25.1 Å². The van der Waals surface area contributed by atoms with Gasteiger partial charge in [-0.3, -0.25) is 0 Å². The quantitative estimate of drug-likeness (QED) is 0.857. The SMILES string of the molecule is COc1ccccc1C1(O)CC(C)CC2CNCC21. The maximum absolute atomic E-state index is 11.4. The van der Waals surface area contributed by atoms with E-state index in [0.29, 0.717) is 17.8 Å². The molecule has 2 aliphatic rings. The zero-order valence-electron chi connectivity index (χ0n) is 11.7. The van der Waals surface area contributed by atoms with Gasteiger partial charge in [0.2, 0.25) is 0 Å². The molecule has 3 rings (SSSR count). The Morgan fingerprint density at radius 2 is 2.11 bits per heavy atom. The largest absolute Gasteiger partial charge is 0.496 e. The summed E-state index contributed by atoms with van der Waals surface area (Å²) in [4.78, 5) is 0. The average Bonchev–Trinajstić information content (AvgIpc) is 2.87. The van der Waals surface area contributed by atoms with Crippen LogP contribution in [0.4, 0.5) is 0 Å². The van der Waals surface area contributed by atoms with Crippen molar-refractivity contribution >= 4 is 0 Å². The summed E-state index contributed by atoms with van der Waals surface area (Å²) in [6.07, 6.45) is 2.05. The molecule has 1 heterocycles. The van der Waals surface area contributed by atoms with Crippen molar-refractivity contribution < 1.29 is 9.84 Å². The van der Waals surface area contributed by atoms with Crippen molar-refractivity contribution in [1.82, 2.24) is 5.32 Å². The maximum Gasteiger partial charge on any atom is 0.124 e. The van der Waals surface area contributed by atoms with E-state index < -0.39 is 5.60 Å². The van der Waals surface area contributed by atoms with E-state index in [1.165, 1.54) is 6.42 Å². The number of aliphatic hydroxyl groups is 1. The van der Waals surface area contributed by atoms with Gasteiger partial charge in [-0.25, -0.2) is 0 Å². The molecule has 1 saturated carbocycles. The molecule has 0 amide bonds. The van der Waals surface area contributed by atoms with E-state index in [9.17, 15) is 5.11 Å². The molecule has 1 aromatic rings. The topological polar surface area (TPSA) is 41.5 Å². The molecule has 4 atom stereocenters. The van der Waals surface area contributed by atoms with Crippen LogP contribution in [-0.4, -0.2) is 25.3 Å². The fraction of sp³-hybridized carbons (Fsp3) is 0.625. The number of hydrogen-bond donors (Lipinski definition) is 2. The summed E-state index contributed by atoms with van der Waals surface area (Å²) in [6, 6.07) is 7.92. The van der Waals surface area contributed by atoms with Gasteiger partial charge in [0.25, 0.3) is 0 Å². The summed E-state index contributed by atoms with van der Waals surface area (Å²) in [5.74, 6) is 2.25. The monoisotopic (exact) mass is 261 g/mol. The minimum atomic E-state index is -0.752. The van der Waals surface area contributed by atoms with E-state index >= 15 is 0 Å². The Labute approximate surface area is 115 Å². The van der Waals surface area contributed by atoms with Crippen LogP contribution in [-0.2, 0) is 5.60 Å². The number of ether oxygens (including phenoxy) is 1. The molecule has 2 fully saturated rings. The van der Waals surface area contributed by atoms with Crippen LogP contribution in [0.3, 0.4) is 0 Å². The minimum absolute atomic E-state index is 0.306.